The molecule has 0 bridgehead atoms. The van der Waals surface area contributed by atoms with Crippen molar-refractivity contribution in [3.63, 3.8) is 0 Å². The second kappa shape index (κ2) is 6.63. The highest BCUT2D eigenvalue weighted by Crippen LogP contribution is 2.12. The lowest BCUT2D eigenvalue weighted by Gasteiger charge is -1.99. The number of nitrogens with zero attached hydrogens (tertiary/aromatic N) is 2. The van der Waals surface area contributed by atoms with E-state index in [1.807, 2.05) is 18.6 Å². The minimum atomic E-state index is -0.287. The van der Waals surface area contributed by atoms with Crippen LogP contribution in [0.4, 0.5) is 0 Å². The van der Waals surface area contributed by atoms with Crippen LogP contribution in [-0.4, -0.2) is 16.3 Å². The molecule has 6 heteroatoms. The third-order valence-electron chi connectivity index (χ3n) is 2.71. The zero-order valence-electron chi connectivity index (χ0n) is 10.9. The number of amides is 1. The summed E-state index contributed by atoms with van der Waals surface area (Å²) in [5.74, 6) is -0.369. The molecule has 4 nitrogen and oxygen atoms in total. The summed E-state index contributed by atoms with van der Waals surface area (Å²) in [7, 11) is 1.82. The molecule has 0 fully saturated rings. The van der Waals surface area contributed by atoms with Crippen LogP contribution in [-0.2, 0) is 11.8 Å². The number of thiazole rings is 1. The van der Waals surface area contributed by atoms with E-state index >= 15 is 0 Å². The van der Waals surface area contributed by atoms with Crippen molar-refractivity contribution in [2.45, 2.75) is 12.8 Å². The first kappa shape index (κ1) is 14.7. The second-order valence-corrected chi connectivity index (χ2v) is 5.54. The second-order valence-electron chi connectivity index (χ2n) is 4.23. The summed E-state index contributed by atoms with van der Waals surface area (Å²) >= 11 is 7.14. The molecule has 104 valence electrons. The number of hydrogen-bond donors (Lipinski definition) is 0. The van der Waals surface area contributed by atoms with Crippen LogP contribution >= 0.6 is 22.9 Å². The van der Waals surface area contributed by atoms with Gasteiger partial charge in [-0.05, 0) is 24.3 Å². The predicted molar refractivity (Wildman–Crippen MR) is 78.9 cm³/mol. The molecule has 1 aromatic carbocycles. The molecule has 20 heavy (non-hydrogen) atoms. The first-order valence-corrected chi connectivity index (χ1v) is 7.28. The first-order valence-electron chi connectivity index (χ1n) is 6.03. The summed E-state index contributed by atoms with van der Waals surface area (Å²) in [6.07, 6.45) is 2.09. The van der Waals surface area contributed by atoms with Gasteiger partial charge in [-0.1, -0.05) is 11.6 Å². The van der Waals surface area contributed by atoms with Crippen LogP contribution in [0.15, 0.2) is 40.8 Å². The topological polar surface area (TPSA) is 51.4 Å². The van der Waals surface area contributed by atoms with Gasteiger partial charge >= 0.3 is 0 Å². The van der Waals surface area contributed by atoms with E-state index in [1.54, 1.807) is 28.8 Å². The fourth-order valence-corrected chi connectivity index (χ4v) is 2.47. The third kappa shape index (κ3) is 3.88. The molecule has 2 aromatic rings. The highest BCUT2D eigenvalue weighted by molar-refractivity contribution is 7.07. The quantitative estimate of drug-likeness (QED) is 0.816. The lowest BCUT2D eigenvalue weighted by Crippen LogP contribution is -2.13. The van der Waals surface area contributed by atoms with Gasteiger partial charge in [0.1, 0.15) is 0 Å². The first-order chi connectivity index (χ1) is 9.56. The normalized spacial score (nSPS) is 11.6. The monoisotopic (exact) mass is 308 g/mol. The molecule has 0 atom stereocenters. The van der Waals surface area contributed by atoms with Crippen LogP contribution in [0.3, 0.4) is 0 Å². The van der Waals surface area contributed by atoms with Crippen molar-refractivity contribution in [2.75, 3.05) is 0 Å². The summed E-state index contributed by atoms with van der Waals surface area (Å²) in [6, 6.07) is 6.64. The summed E-state index contributed by atoms with van der Waals surface area (Å²) < 4.78 is 1.77. The zero-order chi connectivity index (χ0) is 14.5. The minimum Gasteiger partial charge on any atom is -0.327 e. The van der Waals surface area contributed by atoms with E-state index in [2.05, 4.69) is 4.99 Å². The fourth-order valence-electron chi connectivity index (χ4n) is 1.60. The van der Waals surface area contributed by atoms with Gasteiger partial charge in [-0.3, -0.25) is 9.59 Å². The maximum absolute atomic E-state index is 11.9. The van der Waals surface area contributed by atoms with Gasteiger partial charge in [-0.25, -0.2) is 0 Å². The largest absolute Gasteiger partial charge is 0.327 e. The summed E-state index contributed by atoms with van der Waals surface area (Å²) in [6.45, 7) is 0. The van der Waals surface area contributed by atoms with E-state index in [-0.39, 0.29) is 24.5 Å². The van der Waals surface area contributed by atoms with Crippen molar-refractivity contribution in [3.8, 4) is 0 Å². The number of hydrogen-bond acceptors (Lipinski definition) is 3. The molecule has 0 N–H and O–H groups in total. The lowest BCUT2D eigenvalue weighted by atomic mass is 10.1. The molecule has 0 aliphatic carbocycles. The Kier molecular flexibility index (Phi) is 4.87. The molecule has 0 spiro atoms. The van der Waals surface area contributed by atoms with Crippen molar-refractivity contribution < 1.29 is 9.59 Å². The Morgan fingerprint density at radius 1 is 1.25 bits per heavy atom. The standard InChI is InChI=1S/C14H13ClN2O2S/c1-17-8-9-20-14(17)16-13(19)7-6-12(18)10-2-4-11(15)5-3-10/h2-5,8-9H,6-7H2,1H3. The number of benzene rings is 1. The Hall–Kier alpha value is -1.72. The predicted octanol–water partition coefficient (Wildman–Crippen LogP) is 2.83. The SMILES string of the molecule is Cn1ccsc1=NC(=O)CCC(=O)c1ccc(Cl)cc1. The minimum absolute atomic E-state index is 0.0826. The number of rotatable bonds is 4. The fraction of sp³-hybridized carbons (Fsp3) is 0.214. The number of aryl methyl sites for hydroxylation is 1. The summed E-state index contributed by atoms with van der Waals surface area (Å²) in [5, 5.41) is 2.43. The third-order valence-corrected chi connectivity index (χ3v) is 3.81. The van der Waals surface area contributed by atoms with E-state index < -0.39 is 0 Å². The van der Waals surface area contributed by atoms with E-state index in [4.69, 9.17) is 11.6 Å². The van der Waals surface area contributed by atoms with E-state index in [9.17, 15) is 9.59 Å². The Labute approximate surface area is 125 Å². The molecule has 0 aliphatic heterocycles. The van der Waals surface area contributed by atoms with Crippen LogP contribution in [0.5, 0.6) is 0 Å². The number of carbonyl (C=O) groups is 2. The maximum atomic E-state index is 11.9. The number of Topliss-reactive ketones (excluding diaryl/α,β-unsaturated/α-hetero) is 1. The van der Waals surface area contributed by atoms with Gasteiger partial charge in [-0.2, -0.15) is 4.99 Å². The molecular weight excluding hydrogens is 296 g/mol. The molecule has 1 aromatic heterocycles. The molecule has 1 heterocycles. The molecule has 2 rings (SSSR count). The van der Waals surface area contributed by atoms with Crippen molar-refractivity contribution in [1.29, 1.82) is 0 Å². The number of carbonyl (C=O) groups excluding carboxylic acids is 2. The highest BCUT2D eigenvalue weighted by Gasteiger charge is 2.09. The van der Waals surface area contributed by atoms with Crippen LogP contribution in [0.2, 0.25) is 5.02 Å². The molecule has 0 aliphatic rings. The van der Waals surface area contributed by atoms with Gasteiger partial charge in [-0.15, -0.1) is 11.3 Å². The van der Waals surface area contributed by atoms with Gasteiger partial charge in [0, 0.05) is 42.1 Å². The van der Waals surface area contributed by atoms with E-state index in [0.717, 1.165) is 0 Å². The maximum Gasteiger partial charge on any atom is 0.248 e. The van der Waals surface area contributed by atoms with Gasteiger partial charge in [0.15, 0.2) is 10.6 Å². The van der Waals surface area contributed by atoms with E-state index in [0.29, 0.717) is 15.4 Å². The Balaban J connectivity index is 1.95. The average Bonchev–Trinajstić information content (AvgIpc) is 2.82. The number of ketones is 1. The van der Waals surface area contributed by atoms with Gasteiger partial charge in [0.05, 0.1) is 0 Å². The average molecular weight is 309 g/mol. The van der Waals surface area contributed by atoms with Crippen LogP contribution < -0.4 is 4.80 Å². The van der Waals surface area contributed by atoms with Crippen molar-refractivity contribution >= 4 is 34.6 Å². The van der Waals surface area contributed by atoms with Crippen LogP contribution in [0, 0.1) is 0 Å². The smallest absolute Gasteiger partial charge is 0.248 e. The van der Waals surface area contributed by atoms with Crippen molar-refractivity contribution in [1.82, 2.24) is 4.57 Å². The van der Waals surface area contributed by atoms with Crippen LogP contribution in [0.25, 0.3) is 0 Å². The van der Waals surface area contributed by atoms with Gasteiger partial charge in [0.25, 0.3) is 0 Å². The van der Waals surface area contributed by atoms with Crippen LogP contribution in [0.1, 0.15) is 23.2 Å². The molecular formula is C14H13ClN2O2S. The van der Waals surface area contributed by atoms with E-state index in [1.165, 1.54) is 11.3 Å². The number of halogens is 1. The molecule has 0 unspecified atom stereocenters. The van der Waals surface area contributed by atoms with Crippen molar-refractivity contribution in [2.24, 2.45) is 12.0 Å². The van der Waals surface area contributed by atoms with Gasteiger partial charge < -0.3 is 4.57 Å². The Morgan fingerprint density at radius 3 is 2.55 bits per heavy atom. The van der Waals surface area contributed by atoms with Crippen molar-refractivity contribution in [3.05, 3.63) is 51.2 Å². The summed E-state index contributed by atoms with van der Waals surface area (Å²) in [4.78, 5) is 28.2. The Bertz CT molecular complexity index is 686. The molecule has 0 radical (unpaired) electrons. The molecule has 0 saturated carbocycles. The number of aromatic nitrogens is 1. The highest BCUT2D eigenvalue weighted by atomic mass is 35.5. The Morgan fingerprint density at radius 2 is 1.95 bits per heavy atom. The molecule has 0 saturated heterocycles. The lowest BCUT2D eigenvalue weighted by molar-refractivity contribution is -0.118. The van der Waals surface area contributed by atoms with Gasteiger partial charge in [0.2, 0.25) is 5.91 Å². The molecule has 1 amide bonds. The summed E-state index contributed by atoms with van der Waals surface area (Å²) in [5.41, 5.74) is 0.559. The zero-order valence-corrected chi connectivity index (χ0v) is 12.4.